The molecule has 1 aromatic heterocycles. The van der Waals surface area contributed by atoms with Gasteiger partial charge in [0.25, 0.3) is 11.8 Å². The van der Waals surface area contributed by atoms with Crippen LogP contribution in [0, 0.1) is 12.8 Å². The maximum Gasteiger partial charge on any atom is 0.262 e. The Morgan fingerprint density at radius 3 is 2.75 bits per heavy atom. The number of hydrogen-bond acceptors (Lipinski definition) is 4. The van der Waals surface area contributed by atoms with E-state index in [1.165, 1.54) is 16.9 Å². The largest absolute Gasteiger partial charge is 0.484 e. The van der Waals surface area contributed by atoms with Gasteiger partial charge in [0.2, 0.25) is 0 Å². The summed E-state index contributed by atoms with van der Waals surface area (Å²) in [6, 6.07) is 5.87. The van der Waals surface area contributed by atoms with Gasteiger partial charge in [-0.2, -0.15) is 0 Å². The van der Waals surface area contributed by atoms with E-state index in [2.05, 4.69) is 26.1 Å². The van der Waals surface area contributed by atoms with E-state index in [1.54, 1.807) is 0 Å². The number of benzene rings is 1. The normalized spacial score (nSPS) is 16.0. The minimum Gasteiger partial charge on any atom is -0.484 e. The molecule has 0 fully saturated rings. The average Bonchev–Trinajstić information content (AvgIpc) is 2.96. The SMILES string of the molecule is Cc1cc(OCC(=O)Nc2sc3c(c2C(N)=O)CC[C@@H](C)C3)ccc1C(C)C. The molecule has 0 aliphatic heterocycles. The number of carbonyl (C=O) groups excluding carboxylic acids is 2. The molecular weight excluding hydrogens is 372 g/mol. The van der Waals surface area contributed by atoms with Crippen LogP contribution in [0.1, 0.15) is 65.0 Å². The molecule has 1 heterocycles. The summed E-state index contributed by atoms with van der Waals surface area (Å²) in [4.78, 5) is 25.5. The molecule has 0 saturated heterocycles. The number of rotatable bonds is 6. The first-order valence-electron chi connectivity index (χ1n) is 9.73. The number of nitrogens with two attached hydrogens (primary N) is 1. The summed E-state index contributed by atoms with van der Waals surface area (Å²) in [7, 11) is 0. The topological polar surface area (TPSA) is 81.4 Å². The van der Waals surface area contributed by atoms with Crippen LogP contribution in [0.15, 0.2) is 18.2 Å². The Hall–Kier alpha value is -2.34. The van der Waals surface area contributed by atoms with Gasteiger partial charge in [0.1, 0.15) is 10.8 Å². The molecular formula is C22H28N2O3S. The van der Waals surface area contributed by atoms with E-state index in [4.69, 9.17) is 10.5 Å². The summed E-state index contributed by atoms with van der Waals surface area (Å²) < 4.78 is 5.65. The standard InChI is InChI=1S/C22H28N2O3S/c1-12(2)16-8-6-15(10-14(16)4)27-11-19(25)24-22-20(21(23)26)17-7-5-13(3)9-18(17)28-22/h6,8,10,12-13H,5,7,9,11H2,1-4H3,(H2,23,26)(H,24,25)/t13-/m1/s1. The van der Waals surface area contributed by atoms with Crippen LogP contribution in [0.25, 0.3) is 0 Å². The molecule has 3 rings (SSSR count). The molecule has 1 aliphatic rings. The Balaban J connectivity index is 1.68. The fourth-order valence-corrected chi connectivity index (χ4v) is 5.23. The van der Waals surface area contributed by atoms with Crippen molar-refractivity contribution in [2.24, 2.45) is 11.7 Å². The second-order valence-corrected chi connectivity index (χ2v) is 9.04. The third-order valence-corrected chi connectivity index (χ3v) is 6.41. The Labute approximate surface area is 170 Å². The van der Waals surface area contributed by atoms with Crippen LogP contribution in [0.4, 0.5) is 5.00 Å². The third-order valence-electron chi connectivity index (χ3n) is 5.24. The van der Waals surface area contributed by atoms with E-state index >= 15 is 0 Å². The van der Waals surface area contributed by atoms with Gasteiger partial charge in [-0.1, -0.05) is 26.8 Å². The quantitative estimate of drug-likeness (QED) is 0.753. The van der Waals surface area contributed by atoms with Gasteiger partial charge in [0, 0.05) is 4.88 Å². The highest BCUT2D eigenvalue weighted by Gasteiger charge is 2.27. The highest BCUT2D eigenvalue weighted by Crippen LogP contribution is 2.39. The molecule has 2 amide bonds. The lowest BCUT2D eigenvalue weighted by Gasteiger charge is -2.18. The Kier molecular flexibility index (Phi) is 6.08. The minimum absolute atomic E-state index is 0.113. The molecule has 0 spiro atoms. The van der Waals surface area contributed by atoms with Crippen LogP contribution in [-0.2, 0) is 17.6 Å². The molecule has 1 aromatic carbocycles. The predicted molar refractivity (Wildman–Crippen MR) is 113 cm³/mol. The van der Waals surface area contributed by atoms with Crippen LogP contribution in [-0.4, -0.2) is 18.4 Å². The molecule has 1 atom stereocenters. The Morgan fingerprint density at radius 2 is 2.11 bits per heavy atom. The van der Waals surface area contributed by atoms with Gasteiger partial charge in [-0.15, -0.1) is 11.3 Å². The molecule has 2 aromatic rings. The van der Waals surface area contributed by atoms with Crippen LogP contribution in [0.5, 0.6) is 5.75 Å². The lowest BCUT2D eigenvalue weighted by atomic mass is 9.88. The van der Waals surface area contributed by atoms with Crippen molar-refractivity contribution < 1.29 is 14.3 Å². The summed E-state index contributed by atoms with van der Waals surface area (Å²) in [5.74, 6) is 0.905. The molecule has 0 saturated carbocycles. The number of ether oxygens (including phenoxy) is 1. The number of carbonyl (C=O) groups is 2. The van der Waals surface area contributed by atoms with Crippen molar-refractivity contribution in [3.8, 4) is 5.75 Å². The van der Waals surface area contributed by atoms with Crippen LogP contribution < -0.4 is 15.8 Å². The first-order chi connectivity index (χ1) is 13.3. The van der Waals surface area contributed by atoms with E-state index < -0.39 is 5.91 Å². The molecule has 6 heteroatoms. The van der Waals surface area contributed by atoms with E-state index in [9.17, 15) is 9.59 Å². The highest BCUT2D eigenvalue weighted by atomic mass is 32.1. The van der Waals surface area contributed by atoms with Crippen molar-refractivity contribution in [3.05, 3.63) is 45.3 Å². The summed E-state index contributed by atoms with van der Waals surface area (Å²) in [6.07, 6.45) is 2.79. The van der Waals surface area contributed by atoms with Gasteiger partial charge >= 0.3 is 0 Å². The molecule has 5 nitrogen and oxygen atoms in total. The molecule has 0 radical (unpaired) electrons. The monoisotopic (exact) mass is 400 g/mol. The van der Waals surface area contributed by atoms with Crippen molar-refractivity contribution in [2.45, 2.75) is 52.9 Å². The maximum absolute atomic E-state index is 12.4. The maximum atomic E-state index is 12.4. The number of hydrogen-bond donors (Lipinski definition) is 2. The van der Waals surface area contributed by atoms with Crippen LogP contribution in [0.3, 0.4) is 0 Å². The third kappa shape index (κ3) is 4.38. The first-order valence-corrected chi connectivity index (χ1v) is 10.6. The molecule has 3 N–H and O–H groups in total. The van der Waals surface area contributed by atoms with Gasteiger partial charge in [0.05, 0.1) is 5.56 Å². The van der Waals surface area contributed by atoms with Gasteiger partial charge < -0.3 is 15.8 Å². The van der Waals surface area contributed by atoms with Crippen molar-refractivity contribution in [2.75, 3.05) is 11.9 Å². The van der Waals surface area contributed by atoms with Gasteiger partial charge in [-0.25, -0.2) is 0 Å². The number of aryl methyl sites for hydroxylation is 1. The van der Waals surface area contributed by atoms with Gasteiger partial charge in [0.15, 0.2) is 6.61 Å². The fourth-order valence-electron chi connectivity index (χ4n) is 3.80. The van der Waals surface area contributed by atoms with Crippen molar-refractivity contribution in [1.82, 2.24) is 0 Å². The number of anilines is 1. The number of primary amides is 1. The number of fused-ring (bicyclic) bond motifs is 1. The van der Waals surface area contributed by atoms with E-state index in [0.29, 0.717) is 28.1 Å². The van der Waals surface area contributed by atoms with Crippen molar-refractivity contribution in [3.63, 3.8) is 0 Å². The second-order valence-electron chi connectivity index (χ2n) is 7.93. The molecule has 0 unspecified atom stereocenters. The summed E-state index contributed by atoms with van der Waals surface area (Å²) in [6.45, 7) is 8.42. The second kappa shape index (κ2) is 8.35. The zero-order valence-corrected chi connectivity index (χ0v) is 17.7. The predicted octanol–water partition coefficient (Wildman–Crippen LogP) is 4.42. The lowest BCUT2D eigenvalue weighted by Crippen LogP contribution is -2.22. The average molecular weight is 401 g/mol. The Bertz CT molecular complexity index is 901. The zero-order chi connectivity index (χ0) is 20.4. The summed E-state index contributed by atoms with van der Waals surface area (Å²) in [5.41, 5.74) is 9.48. The van der Waals surface area contributed by atoms with E-state index in [-0.39, 0.29) is 12.5 Å². The number of thiophene rings is 1. The minimum atomic E-state index is -0.483. The summed E-state index contributed by atoms with van der Waals surface area (Å²) >= 11 is 1.46. The van der Waals surface area contributed by atoms with Gasteiger partial charge in [-0.3, -0.25) is 9.59 Å². The van der Waals surface area contributed by atoms with Gasteiger partial charge in [-0.05, 0) is 66.8 Å². The van der Waals surface area contributed by atoms with E-state index in [0.717, 1.165) is 35.3 Å². The number of amides is 2. The highest BCUT2D eigenvalue weighted by molar-refractivity contribution is 7.17. The molecule has 150 valence electrons. The van der Waals surface area contributed by atoms with Crippen molar-refractivity contribution in [1.29, 1.82) is 0 Å². The van der Waals surface area contributed by atoms with E-state index in [1.807, 2.05) is 25.1 Å². The lowest BCUT2D eigenvalue weighted by molar-refractivity contribution is -0.118. The Morgan fingerprint density at radius 1 is 1.36 bits per heavy atom. The zero-order valence-electron chi connectivity index (χ0n) is 16.9. The first kappa shape index (κ1) is 20.4. The fraction of sp³-hybridized carbons (Fsp3) is 0.455. The number of nitrogens with one attached hydrogen (secondary N) is 1. The van der Waals surface area contributed by atoms with Crippen LogP contribution in [0.2, 0.25) is 0 Å². The van der Waals surface area contributed by atoms with Crippen LogP contribution >= 0.6 is 11.3 Å². The molecule has 28 heavy (non-hydrogen) atoms. The molecule has 1 aliphatic carbocycles. The van der Waals surface area contributed by atoms with Crippen molar-refractivity contribution >= 4 is 28.2 Å². The molecule has 0 bridgehead atoms. The summed E-state index contributed by atoms with van der Waals surface area (Å²) in [5, 5.41) is 3.38. The smallest absolute Gasteiger partial charge is 0.262 e.